The molecule has 1 fully saturated rings. The minimum Gasteiger partial charge on any atom is -0.342 e. The van der Waals surface area contributed by atoms with E-state index in [9.17, 15) is 26.4 Å². The Balaban J connectivity index is 1.66. The third-order valence-corrected chi connectivity index (χ3v) is 7.58. The fourth-order valence-electron chi connectivity index (χ4n) is 4.09. The lowest BCUT2D eigenvalue weighted by Crippen LogP contribution is -2.38. The van der Waals surface area contributed by atoms with Crippen molar-refractivity contribution >= 4 is 33.3 Å². The lowest BCUT2D eigenvalue weighted by atomic mass is 10.1. The van der Waals surface area contributed by atoms with Gasteiger partial charge in [0.15, 0.2) is 0 Å². The number of nitrogens with one attached hydrogen (secondary N) is 2. The first-order valence-electron chi connectivity index (χ1n) is 10.6. The maximum Gasteiger partial charge on any atom is 0.401 e. The molecular formula is C21H24F3N5O3S. The molecule has 4 rings (SSSR count). The number of rotatable bonds is 5. The Kier molecular flexibility index (Phi) is 6.34. The number of benzene rings is 1. The van der Waals surface area contributed by atoms with Crippen LogP contribution in [0, 0.1) is 0 Å². The lowest BCUT2D eigenvalue weighted by molar-refractivity contribution is -0.145. The van der Waals surface area contributed by atoms with Gasteiger partial charge in [-0.1, -0.05) is 13.0 Å². The third kappa shape index (κ3) is 4.97. The average Bonchev–Trinajstić information content (AvgIpc) is 3.24. The largest absolute Gasteiger partial charge is 0.401 e. The summed E-state index contributed by atoms with van der Waals surface area (Å²) in [7, 11) is -4.06. The van der Waals surface area contributed by atoms with Gasteiger partial charge in [-0.3, -0.25) is 9.69 Å². The number of carbonyl (C=O) groups is 1. The fraction of sp³-hybridized carbons (Fsp3) is 0.429. The molecule has 8 nitrogen and oxygen atoms in total. The molecule has 0 atom stereocenters. The van der Waals surface area contributed by atoms with Crippen molar-refractivity contribution in [1.82, 2.24) is 19.2 Å². The normalized spacial score (nSPS) is 19.5. The molecule has 12 heteroatoms. The smallest absolute Gasteiger partial charge is 0.342 e. The molecular weight excluding hydrogens is 459 g/mol. The van der Waals surface area contributed by atoms with Crippen molar-refractivity contribution in [2.24, 2.45) is 0 Å². The Labute approximate surface area is 189 Å². The van der Waals surface area contributed by atoms with E-state index in [1.54, 1.807) is 18.3 Å². The van der Waals surface area contributed by atoms with Crippen molar-refractivity contribution in [2.45, 2.75) is 30.8 Å². The second kappa shape index (κ2) is 8.92. The number of H-pyrrole nitrogens is 1. The number of nitrogens with zero attached hydrogens (tertiary/aromatic N) is 3. The molecule has 0 unspecified atom stereocenters. The zero-order chi connectivity index (χ0) is 23.8. The van der Waals surface area contributed by atoms with Crippen LogP contribution in [0.4, 0.5) is 18.9 Å². The first-order chi connectivity index (χ1) is 15.6. The summed E-state index contributed by atoms with van der Waals surface area (Å²) in [5, 5.41) is 2.69. The first kappa shape index (κ1) is 23.5. The maximum atomic E-state index is 13.5. The molecule has 2 aliphatic heterocycles. The molecule has 0 spiro atoms. The van der Waals surface area contributed by atoms with Crippen LogP contribution in [0.1, 0.15) is 30.4 Å². The highest BCUT2D eigenvalue weighted by Crippen LogP contribution is 2.39. The van der Waals surface area contributed by atoms with Crippen LogP contribution in [-0.2, 0) is 21.2 Å². The van der Waals surface area contributed by atoms with Gasteiger partial charge in [-0.2, -0.15) is 17.5 Å². The fourth-order valence-corrected chi connectivity index (χ4v) is 5.79. The van der Waals surface area contributed by atoms with E-state index >= 15 is 0 Å². The molecule has 0 aliphatic carbocycles. The highest BCUT2D eigenvalue weighted by atomic mass is 32.2. The van der Waals surface area contributed by atoms with E-state index in [-0.39, 0.29) is 48.6 Å². The Bertz CT molecular complexity index is 1190. The van der Waals surface area contributed by atoms with Gasteiger partial charge in [0.05, 0.1) is 34.6 Å². The number of amides is 1. The van der Waals surface area contributed by atoms with Crippen molar-refractivity contribution in [3.63, 3.8) is 0 Å². The number of sulfonamides is 1. The van der Waals surface area contributed by atoms with Gasteiger partial charge in [0.25, 0.3) is 5.91 Å². The predicted octanol–water partition coefficient (Wildman–Crippen LogP) is 2.72. The number of aryl methyl sites for hydroxylation is 1. The highest BCUT2D eigenvalue weighted by molar-refractivity contribution is 7.89. The molecule has 2 aliphatic rings. The van der Waals surface area contributed by atoms with Crippen LogP contribution in [0.2, 0.25) is 0 Å². The Morgan fingerprint density at radius 3 is 2.67 bits per heavy atom. The quantitative estimate of drug-likeness (QED) is 0.638. The first-order valence-corrected chi connectivity index (χ1v) is 12.0. The number of fused-ring (bicyclic) bond motifs is 1. The van der Waals surface area contributed by atoms with Crippen molar-refractivity contribution in [3.05, 3.63) is 41.5 Å². The number of alkyl halides is 3. The number of anilines is 1. The molecule has 33 heavy (non-hydrogen) atoms. The molecule has 2 aromatic rings. The lowest BCUT2D eigenvalue weighted by Gasteiger charge is -2.23. The van der Waals surface area contributed by atoms with E-state index < -0.39 is 28.7 Å². The Morgan fingerprint density at radius 1 is 1.18 bits per heavy atom. The minimum absolute atomic E-state index is 0.0262. The van der Waals surface area contributed by atoms with Gasteiger partial charge < -0.3 is 10.3 Å². The van der Waals surface area contributed by atoms with Crippen LogP contribution < -0.4 is 5.32 Å². The van der Waals surface area contributed by atoms with Gasteiger partial charge in [0, 0.05) is 31.6 Å². The predicted molar refractivity (Wildman–Crippen MR) is 117 cm³/mol. The van der Waals surface area contributed by atoms with Crippen LogP contribution in [-0.4, -0.2) is 72.4 Å². The van der Waals surface area contributed by atoms with E-state index in [1.807, 2.05) is 6.92 Å². The summed E-state index contributed by atoms with van der Waals surface area (Å²) in [6, 6.07) is 4.57. The van der Waals surface area contributed by atoms with Crippen LogP contribution >= 0.6 is 0 Å². The average molecular weight is 484 g/mol. The van der Waals surface area contributed by atoms with Crippen LogP contribution in [0.3, 0.4) is 0 Å². The van der Waals surface area contributed by atoms with E-state index in [1.165, 1.54) is 21.3 Å². The molecule has 3 heterocycles. The third-order valence-electron chi connectivity index (χ3n) is 5.64. The number of aromatic amines is 1. The summed E-state index contributed by atoms with van der Waals surface area (Å²) in [5.41, 5.74) is 1.38. The number of hydrogen-bond acceptors (Lipinski definition) is 5. The summed E-state index contributed by atoms with van der Waals surface area (Å²) in [6.07, 6.45) is -0.271. The molecule has 2 N–H and O–H groups in total. The van der Waals surface area contributed by atoms with Crippen LogP contribution in [0.5, 0.6) is 0 Å². The van der Waals surface area contributed by atoms with Crippen LogP contribution in [0.15, 0.2) is 29.3 Å². The van der Waals surface area contributed by atoms with Crippen LogP contribution in [0.25, 0.3) is 11.6 Å². The van der Waals surface area contributed by atoms with E-state index in [4.69, 9.17) is 0 Å². The maximum absolute atomic E-state index is 13.5. The Hall–Kier alpha value is -2.70. The Morgan fingerprint density at radius 2 is 1.97 bits per heavy atom. The summed E-state index contributed by atoms with van der Waals surface area (Å²) in [6.45, 7) is 1.01. The number of imidazole rings is 1. The molecule has 0 radical (unpaired) electrons. The second-order valence-corrected chi connectivity index (χ2v) is 9.88. The molecule has 1 amide bonds. The summed E-state index contributed by atoms with van der Waals surface area (Å²) in [5.74, 6) is 0.293. The number of aromatic nitrogens is 2. The molecule has 1 aromatic carbocycles. The molecule has 0 bridgehead atoms. The summed E-state index contributed by atoms with van der Waals surface area (Å²) < 4.78 is 66.6. The standard InChI is InChI=1S/C21H24F3N5O3S/c1-2-18-25-12-14(26-18)11-15-19-16(27-20(15)30)5-3-6-17(19)33(31,32)29-8-4-7-28(9-10-29)13-21(22,23)24/h3,5-6,11-12H,2,4,7-10,13H2,1H3,(H,25,26)(H,27,30). The zero-order valence-electron chi connectivity index (χ0n) is 17.9. The van der Waals surface area contributed by atoms with Crippen molar-refractivity contribution in [3.8, 4) is 0 Å². The molecule has 1 aromatic heterocycles. The number of halogens is 3. The molecule has 1 saturated heterocycles. The van der Waals surface area contributed by atoms with Gasteiger partial charge in [-0.15, -0.1) is 0 Å². The van der Waals surface area contributed by atoms with E-state index in [2.05, 4.69) is 15.3 Å². The van der Waals surface area contributed by atoms with E-state index in [0.717, 1.165) is 5.82 Å². The SMILES string of the molecule is CCc1ncc(C=C2C(=O)Nc3cccc(S(=O)(=O)N4CCCN(CC(F)(F)F)CC4)c32)[nH]1. The van der Waals surface area contributed by atoms with Crippen molar-refractivity contribution in [2.75, 3.05) is 38.0 Å². The van der Waals surface area contributed by atoms with Crippen molar-refractivity contribution < 1.29 is 26.4 Å². The summed E-state index contributed by atoms with van der Waals surface area (Å²) in [4.78, 5) is 21.1. The van der Waals surface area contributed by atoms with E-state index in [0.29, 0.717) is 17.8 Å². The molecule has 0 saturated carbocycles. The van der Waals surface area contributed by atoms with Gasteiger partial charge in [0.1, 0.15) is 5.82 Å². The van der Waals surface area contributed by atoms with Gasteiger partial charge in [-0.05, 0) is 31.2 Å². The van der Waals surface area contributed by atoms with Gasteiger partial charge in [-0.25, -0.2) is 13.4 Å². The topological polar surface area (TPSA) is 98.4 Å². The monoisotopic (exact) mass is 483 g/mol. The molecule has 178 valence electrons. The van der Waals surface area contributed by atoms with Crippen molar-refractivity contribution in [1.29, 1.82) is 0 Å². The zero-order valence-corrected chi connectivity index (χ0v) is 18.8. The highest BCUT2D eigenvalue weighted by Gasteiger charge is 2.37. The second-order valence-electron chi connectivity index (χ2n) is 7.98. The minimum atomic E-state index is -4.34. The summed E-state index contributed by atoms with van der Waals surface area (Å²) >= 11 is 0. The van der Waals surface area contributed by atoms with Gasteiger partial charge in [0.2, 0.25) is 10.0 Å². The number of hydrogen-bond donors (Lipinski definition) is 2. The number of carbonyl (C=O) groups excluding carboxylic acids is 1. The van der Waals surface area contributed by atoms with Gasteiger partial charge >= 0.3 is 6.18 Å².